The van der Waals surface area contributed by atoms with Gasteiger partial charge in [0.15, 0.2) is 0 Å². The van der Waals surface area contributed by atoms with Gasteiger partial charge in [-0.1, -0.05) is 11.3 Å². The highest BCUT2D eigenvalue weighted by Crippen LogP contribution is 2.09. The number of hydrogen-bond donors (Lipinski definition) is 1. The van der Waals surface area contributed by atoms with E-state index in [1.807, 2.05) is 14.0 Å². The number of aryl methyl sites for hydroxylation is 1. The molecule has 0 aliphatic carbocycles. The maximum atomic E-state index is 11.5. The Morgan fingerprint density at radius 2 is 2.43 bits per heavy atom. The molecule has 0 spiro atoms. The summed E-state index contributed by atoms with van der Waals surface area (Å²) in [4.78, 5) is 16.5. The minimum Gasteiger partial charge on any atom is -0.314 e. The Kier molecular flexibility index (Phi) is 2.30. The van der Waals surface area contributed by atoms with Gasteiger partial charge in [0.05, 0.1) is 5.69 Å². The van der Waals surface area contributed by atoms with Gasteiger partial charge in [0.1, 0.15) is 5.01 Å². The number of aromatic nitrogens is 3. The summed E-state index contributed by atoms with van der Waals surface area (Å²) in [5.74, 6) is 0. The van der Waals surface area contributed by atoms with E-state index in [1.165, 1.54) is 21.9 Å². The van der Waals surface area contributed by atoms with Crippen molar-refractivity contribution in [3.63, 3.8) is 0 Å². The van der Waals surface area contributed by atoms with E-state index in [1.54, 1.807) is 0 Å². The molecule has 5 nitrogen and oxygen atoms in total. The molecule has 2 aromatic heterocycles. The molecule has 74 valence electrons. The second-order valence-corrected chi connectivity index (χ2v) is 4.09. The molecular formula is C8H10N4OS. The van der Waals surface area contributed by atoms with Crippen molar-refractivity contribution in [1.82, 2.24) is 19.9 Å². The molecule has 0 aliphatic heterocycles. The highest BCUT2D eigenvalue weighted by atomic mass is 32.1. The Labute approximate surface area is 84.4 Å². The van der Waals surface area contributed by atoms with Crippen molar-refractivity contribution in [3.05, 3.63) is 27.1 Å². The van der Waals surface area contributed by atoms with Crippen LogP contribution < -0.4 is 10.9 Å². The third-order valence-corrected chi connectivity index (χ3v) is 2.58. The summed E-state index contributed by atoms with van der Waals surface area (Å²) in [6.45, 7) is 2.46. The van der Waals surface area contributed by atoms with Gasteiger partial charge in [0, 0.05) is 12.6 Å². The molecule has 6 heteroatoms. The summed E-state index contributed by atoms with van der Waals surface area (Å²) in [7, 11) is 1.82. The summed E-state index contributed by atoms with van der Waals surface area (Å²) in [6.07, 6.45) is 0. The van der Waals surface area contributed by atoms with Crippen molar-refractivity contribution < 1.29 is 0 Å². The molecule has 0 amide bonds. The second-order valence-electron chi connectivity index (χ2n) is 2.93. The van der Waals surface area contributed by atoms with Crippen LogP contribution in [0.5, 0.6) is 0 Å². The summed E-state index contributed by atoms with van der Waals surface area (Å²) >= 11 is 1.42. The third-order valence-electron chi connectivity index (χ3n) is 1.76. The van der Waals surface area contributed by atoms with Crippen molar-refractivity contribution in [2.75, 3.05) is 7.05 Å². The Balaban J connectivity index is 2.65. The van der Waals surface area contributed by atoms with Crippen LogP contribution in [-0.4, -0.2) is 21.6 Å². The van der Waals surface area contributed by atoms with Crippen LogP contribution in [-0.2, 0) is 6.54 Å². The summed E-state index contributed by atoms with van der Waals surface area (Å²) in [5, 5.41) is 7.85. The molecule has 0 atom stereocenters. The van der Waals surface area contributed by atoms with E-state index in [2.05, 4.69) is 15.4 Å². The van der Waals surface area contributed by atoms with E-state index in [-0.39, 0.29) is 5.56 Å². The van der Waals surface area contributed by atoms with Crippen LogP contribution in [0.25, 0.3) is 4.96 Å². The average Bonchev–Trinajstić information content (AvgIpc) is 2.47. The van der Waals surface area contributed by atoms with Gasteiger partial charge in [-0.2, -0.15) is 9.61 Å². The van der Waals surface area contributed by atoms with Crippen molar-refractivity contribution in [2.24, 2.45) is 0 Å². The van der Waals surface area contributed by atoms with Crippen molar-refractivity contribution in [2.45, 2.75) is 13.5 Å². The second kappa shape index (κ2) is 3.47. The molecule has 0 saturated heterocycles. The molecule has 2 rings (SSSR count). The van der Waals surface area contributed by atoms with Crippen LogP contribution in [0.2, 0.25) is 0 Å². The SMILES string of the molecule is CNCc1cc(=O)n2nc(C)sc2n1. The van der Waals surface area contributed by atoms with E-state index < -0.39 is 0 Å². The van der Waals surface area contributed by atoms with Gasteiger partial charge in [0.2, 0.25) is 4.96 Å². The van der Waals surface area contributed by atoms with E-state index in [0.717, 1.165) is 10.7 Å². The lowest BCUT2D eigenvalue weighted by Crippen LogP contribution is -2.17. The van der Waals surface area contributed by atoms with Crippen molar-refractivity contribution in [1.29, 1.82) is 0 Å². The maximum absolute atomic E-state index is 11.5. The fourth-order valence-electron chi connectivity index (χ4n) is 1.22. The third kappa shape index (κ3) is 1.53. The Bertz CT molecular complexity index is 516. The first-order chi connectivity index (χ1) is 6.70. The average molecular weight is 210 g/mol. The largest absolute Gasteiger partial charge is 0.314 e. The first-order valence-electron chi connectivity index (χ1n) is 4.21. The topological polar surface area (TPSA) is 59.3 Å². The standard InChI is InChI=1S/C8H10N4OS/c1-5-11-12-7(13)3-6(4-9-2)10-8(12)14-5/h3,9H,4H2,1-2H3. The number of hydrogen-bond acceptors (Lipinski definition) is 5. The predicted molar refractivity (Wildman–Crippen MR) is 54.6 cm³/mol. The monoisotopic (exact) mass is 210 g/mol. The molecule has 0 radical (unpaired) electrons. The molecule has 0 saturated carbocycles. The maximum Gasteiger partial charge on any atom is 0.275 e. The first-order valence-corrected chi connectivity index (χ1v) is 5.03. The zero-order valence-electron chi connectivity index (χ0n) is 7.94. The van der Waals surface area contributed by atoms with E-state index in [9.17, 15) is 4.79 Å². The molecule has 0 fully saturated rings. The number of nitrogens with one attached hydrogen (secondary N) is 1. The predicted octanol–water partition coefficient (Wildman–Crippen LogP) is 0.179. The van der Waals surface area contributed by atoms with E-state index in [0.29, 0.717) is 11.5 Å². The van der Waals surface area contributed by atoms with Crippen LogP contribution in [0.15, 0.2) is 10.9 Å². The summed E-state index contributed by atoms with van der Waals surface area (Å²) in [6, 6.07) is 1.50. The summed E-state index contributed by atoms with van der Waals surface area (Å²) in [5.41, 5.74) is 0.630. The fourth-order valence-corrected chi connectivity index (χ4v) is 1.99. The van der Waals surface area contributed by atoms with Crippen molar-refractivity contribution >= 4 is 16.3 Å². The van der Waals surface area contributed by atoms with Gasteiger partial charge in [-0.05, 0) is 14.0 Å². The van der Waals surface area contributed by atoms with E-state index in [4.69, 9.17) is 0 Å². The van der Waals surface area contributed by atoms with Crippen LogP contribution in [0.1, 0.15) is 10.7 Å². The quantitative estimate of drug-likeness (QED) is 0.768. The fraction of sp³-hybridized carbons (Fsp3) is 0.375. The number of rotatable bonds is 2. The zero-order chi connectivity index (χ0) is 10.1. The Morgan fingerprint density at radius 1 is 1.64 bits per heavy atom. The van der Waals surface area contributed by atoms with Gasteiger partial charge < -0.3 is 5.32 Å². The molecule has 0 bridgehead atoms. The molecule has 2 heterocycles. The van der Waals surface area contributed by atoms with Crippen LogP contribution >= 0.6 is 11.3 Å². The number of fused-ring (bicyclic) bond motifs is 1. The zero-order valence-corrected chi connectivity index (χ0v) is 8.76. The Hall–Kier alpha value is -1.27. The summed E-state index contributed by atoms with van der Waals surface area (Å²) < 4.78 is 1.33. The van der Waals surface area contributed by atoms with Gasteiger partial charge in [0.25, 0.3) is 5.56 Å². The molecule has 0 unspecified atom stereocenters. The van der Waals surface area contributed by atoms with Gasteiger partial charge in [-0.15, -0.1) is 0 Å². The Morgan fingerprint density at radius 3 is 3.14 bits per heavy atom. The van der Waals surface area contributed by atoms with Crippen LogP contribution in [0, 0.1) is 6.92 Å². The van der Waals surface area contributed by atoms with Gasteiger partial charge in [-0.25, -0.2) is 4.98 Å². The van der Waals surface area contributed by atoms with Gasteiger partial charge >= 0.3 is 0 Å². The van der Waals surface area contributed by atoms with Gasteiger partial charge in [-0.3, -0.25) is 4.79 Å². The minimum absolute atomic E-state index is 0.121. The molecule has 14 heavy (non-hydrogen) atoms. The van der Waals surface area contributed by atoms with Crippen LogP contribution in [0.4, 0.5) is 0 Å². The lowest BCUT2D eigenvalue weighted by Gasteiger charge is -1.97. The molecule has 0 aromatic carbocycles. The minimum atomic E-state index is -0.121. The molecule has 1 N–H and O–H groups in total. The molecule has 0 aliphatic rings. The van der Waals surface area contributed by atoms with E-state index >= 15 is 0 Å². The molecule has 2 aromatic rings. The number of nitrogens with zero attached hydrogens (tertiary/aromatic N) is 3. The normalized spacial score (nSPS) is 11.0. The lowest BCUT2D eigenvalue weighted by atomic mass is 10.4. The lowest BCUT2D eigenvalue weighted by molar-refractivity contribution is 0.776. The van der Waals surface area contributed by atoms with Crippen LogP contribution in [0.3, 0.4) is 0 Å². The highest BCUT2D eigenvalue weighted by molar-refractivity contribution is 7.16. The highest BCUT2D eigenvalue weighted by Gasteiger charge is 2.05. The van der Waals surface area contributed by atoms with Crippen molar-refractivity contribution in [3.8, 4) is 0 Å². The molecular weight excluding hydrogens is 200 g/mol. The smallest absolute Gasteiger partial charge is 0.275 e. The first kappa shape index (κ1) is 9.29.